The number of sulfonamides is 1. The van der Waals surface area contributed by atoms with E-state index in [4.69, 9.17) is 4.98 Å². The maximum atomic E-state index is 13.4. The van der Waals surface area contributed by atoms with Gasteiger partial charge < -0.3 is 5.32 Å². The second-order valence-electron chi connectivity index (χ2n) is 8.42. The smallest absolute Gasteiger partial charge is 0.252 e. The summed E-state index contributed by atoms with van der Waals surface area (Å²) in [5, 5.41) is 7.97. The van der Waals surface area contributed by atoms with Gasteiger partial charge in [0.25, 0.3) is 5.91 Å². The van der Waals surface area contributed by atoms with Crippen LogP contribution in [0.4, 0.5) is 0 Å². The summed E-state index contributed by atoms with van der Waals surface area (Å²) in [5.74, 6) is -0.329. The Balaban J connectivity index is 1.73. The molecule has 0 aliphatic carbocycles. The van der Waals surface area contributed by atoms with Crippen molar-refractivity contribution in [1.29, 1.82) is 0 Å². The number of nitrogens with one attached hydrogen (secondary N) is 1. The van der Waals surface area contributed by atoms with Crippen molar-refractivity contribution >= 4 is 27.0 Å². The number of fused-ring (bicyclic) bond motifs is 1. The molecule has 2 aromatic heterocycles. The molecule has 34 heavy (non-hydrogen) atoms. The SMILES string of the molecule is CC(C)n1ncc2c(C(=O)NCc3ccccc3S(=O)(=O)N(C)C)cc(-c3ccccc3)nc21. The van der Waals surface area contributed by atoms with Gasteiger partial charge >= 0.3 is 0 Å². The third-order valence-electron chi connectivity index (χ3n) is 5.54. The Labute approximate surface area is 199 Å². The van der Waals surface area contributed by atoms with Crippen molar-refractivity contribution in [3.05, 3.63) is 78.0 Å². The lowest BCUT2D eigenvalue weighted by molar-refractivity contribution is 0.0952. The maximum Gasteiger partial charge on any atom is 0.252 e. The molecule has 0 atom stereocenters. The number of carbonyl (C=O) groups is 1. The van der Waals surface area contributed by atoms with Gasteiger partial charge in [-0.15, -0.1) is 0 Å². The van der Waals surface area contributed by atoms with Crippen LogP contribution >= 0.6 is 0 Å². The zero-order valence-electron chi connectivity index (χ0n) is 19.6. The molecule has 0 saturated heterocycles. The lowest BCUT2D eigenvalue weighted by atomic mass is 10.1. The quantitative estimate of drug-likeness (QED) is 0.436. The van der Waals surface area contributed by atoms with Crippen LogP contribution < -0.4 is 5.32 Å². The largest absolute Gasteiger partial charge is 0.348 e. The fraction of sp³-hybridized carbons (Fsp3) is 0.240. The van der Waals surface area contributed by atoms with Crippen LogP contribution in [-0.4, -0.2) is 47.5 Å². The van der Waals surface area contributed by atoms with Crippen molar-refractivity contribution in [2.75, 3.05) is 14.1 Å². The summed E-state index contributed by atoms with van der Waals surface area (Å²) >= 11 is 0. The fourth-order valence-electron chi connectivity index (χ4n) is 3.71. The van der Waals surface area contributed by atoms with Gasteiger partial charge in [0, 0.05) is 32.2 Å². The molecule has 0 saturated carbocycles. The van der Waals surface area contributed by atoms with Crippen molar-refractivity contribution in [3.8, 4) is 11.3 Å². The van der Waals surface area contributed by atoms with E-state index in [9.17, 15) is 13.2 Å². The van der Waals surface area contributed by atoms with Crippen molar-refractivity contribution in [3.63, 3.8) is 0 Å². The van der Waals surface area contributed by atoms with Crippen LogP contribution in [0.2, 0.25) is 0 Å². The second kappa shape index (κ2) is 9.36. The van der Waals surface area contributed by atoms with Gasteiger partial charge in [-0.2, -0.15) is 5.10 Å². The third-order valence-corrected chi connectivity index (χ3v) is 7.46. The number of pyridine rings is 1. The highest BCUT2D eigenvalue weighted by molar-refractivity contribution is 7.89. The van der Waals surface area contributed by atoms with E-state index in [2.05, 4.69) is 10.4 Å². The topological polar surface area (TPSA) is 97.2 Å². The van der Waals surface area contributed by atoms with Gasteiger partial charge in [-0.3, -0.25) is 4.79 Å². The van der Waals surface area contributed by atoms with Crippen molar-refractivity contribution in [2.45, 2.75) is 31.3 Å². The first-order chi connectivity index (χ1) is 16.2. The molecule has 4 rings (SSSR count). The van der Waals surface area contributed by atoms with Gasteiger partial charge in [-0.25, -0.2) is 22.4 Å². The lowest BCUT2D eigenvalue weighted by Gasteiger charge is -2.16. The van der Waals surface area contributed by atoms with Crippen LogP contribution in [0.25, 0.3) is 22.3 Å². The average molecular weight is 478 g/mol. The summed E-state index contributed by atoms with van der Waals surface area (Å²) < 4.78 is 28.4. The molecule has 0 bridgehead atoms. The van der Waals surface area contributed by atoms with Gasteiger partial charge in [0.2, 0.25) is 10.0 Å². The van der Waals surface area contributed by atoms with Gasteiger partial charge in [-0.1, -0.05) is 48.5 Å². The van der Waals surface area contributed by atoms with Crippen LogP contribution in [-0.2, 0) is 16.6 Å². The zero-order valence-corrected chi connectivity index (χ0v) is 20.4. The Kier molecular flexibility index (Phi) is 6.49. The molecule has 1 amide bonds. The molecule has 0 radical (unpaired) electrons. The van der Waals surface area contributed by atoms with Crippen LogP contribution in [0.1, 0.15) is 35.8 Å². The summed E-state index contributed by atoms with van der Waals surface area (Å²) in [5.41, 5.74) is 3.12. The van der Waals surface area contributed by atoms with E-state index >= 15 is 0 Å². The summed E-state index contributed by atoms with van der Waals surface area (Å²) in [6, 6.07) is 18.1. The Bertz CT molecular complexity index is 1440. The highest BCUT2D eigenvalue weighted by Crippen LogP contribution is 2.26. The summed E-state index contributed by atoms with van der Waals surface area (Å²) in [6.45, 7) is 4.07. The molecule has 9 heteroatoms. The number of hydrogen-bond acceptors (Lipinski definition) is 5. The number of amides is 1. The Hall–Kier alpha value is -3.56. The molecule has 1 N–H and O–H groups in total. The van der Waals surface area contributed by atoms with E-state index in [1.807, 2.05) is 44.2 Å². The molecule has 2 aromatic carbocycles. The summed E-state index contributed by atoms with van der Waals surface area (Å²) in [6.07, 6.45) is 1.65. The number of benzene rings is 2. The highest BCUT2D eigenvalue weighted by atomic mass is 32.2. The van der Waals surface area contributed by atoms with Crippen molar-refractivity contribution < 1.29 is 13.2 Å². The molecule has 0 spiro atoms. The van der Waals surface area contributed by atoms with Gasteiger partial charge in [0.05, 0.1) is 27.7 Å². The van der Waals surface area contributed by atoms with E-state index in [-0.39, 0.29) is 23.4 Å². The zero-order chi connectivity index (χ0) is 24.5. The molecule has 0 unspecified atom stereocenters. The Morgan fingerprint density at radius 2 is 1.74 bits per heavy atom. The first kappa shape index (κ1) is 23.6. The number of hydrogen-bond donors (Lipinski definition) is 1. The maximum absolute atomic E-state index is 13.4. The van der Waals surface area contributed by atoms with E-state index < -0.39 is 10.0 Å². The van der Waals surface area contributed by atoms with Gasteiger partial charge in [-0.05, 0) is 31.5 Å². The normalized spacial score (nSPS) is 11.9. The van der Waals surface area contributed by atoms with Gasteiger partial charge in [0.15, 0.2) is 5.65 Å². The minimum atomic E-state index is -3.65. The summed E-state index contributed by atoms with van der Waals surface area (Å²) in [4.78, 5) is 18.3. The van der Waals surface area contributed by atoms with Gasteiger partial charge in [0.1, 0.15) is 0 Å². The van der Waals surface area contributed by atoms with Crippen LogP contribution in [0.15, 0.2) is 71.8 Å². The van der Waals surface area contributed by atoms with Crippen LogP contribution in [0, 0.1) is 0 Å². The number of carbonyl (C=O) groups excluding carboxylic acids is 1. The first-order valence-electron chi connectivity index (χ1n) is 10.9. The monoisotopic (exact) mass is 477 g/mol. The molecular weight excluding hydrogens is 450 g/mol. The lowest BCUT2D eigenvalue weighted by Crippen LogP contribution is -2.27. The average Bonchev–Trinajstić information content (AvgIpc) is 3.27. The molecule has 0 fully saturated rings. The molecule has 176 valence electrons. The molecule has 0 aliphatic rings. The molecule has 4 aromatic rings. The Morgan fingerprint density at radius 1 is 1.06 bits per heavy atom. The first-order valence-corrected chi connectivity index (χ1v) is 12.4. The van der Waals surface area contributed by atoms with Crippen molar-refractivity contribution in [1.82, 2.24) is 24.4 Å². The van der Waals surface area contributed by atoms with E-state index in [0.717, 1.165) is 9.87 Å². The standard InChI is InChI=1S/C25H27N5O3S/c1-17(2)30-24-21(16-27-30)20(14-22(28-24)18-10-6-5-7-11-18)25(31)26-15-19-12-8-9-13-23(19)34(32,33)29(3)4/h5-14,16-17H,15H2,1-4H3,(H,26,31). The fourth-order valence-corrected chi connectivity index (χ4v) is 4.83. The number of nitrogens with zero attached hydrogens (tertiary/aromatic N) is 4. The molecule has 0 aliphatic heterocycles. The molecular formula is C25H27N5O3S. The van der Waals surface area contributed by atoms with Crippen molar-refractivity contribution in [2.24, 2.45) is 0 Å². The van der Waals surface area contributed by atoms with Crippen LogP contribution in [0.3, 0.4) is 0 Å². The van der Waals surface area contributed by atoms with Crippen LogP contribution in [0.5, 0.6) is 0 Å². The minimum Gasteiger partial charge on any atom is -0.348 e. The Morgan fingerprint density at radius 3 is 2.41 bits per heavy atom. The predicted octanol–water partition coefficient (Wildman–Crippen LogP) is 3.86. The van der Waals surface area contributed by atoms with E-state index in [1.165, 1.54) is 14.1 Å². The van der Waals surface area contributed by atoms with E-state index in [0.29, 0.717) is 27.9 Å². The summed E-state index contributed by atoms with van der Waals surface area (Å²) in [7, 11) is -0.681. The van der Waals surface area contributed by atoms with E-state index in [1.54, 1.807) is 41.2 Å². The number of aromatic nitrogens is 3. The highest BCUT2D eigenvalue weighted by Gasteiger charge is 2.22. The second-order valence-corrected chi connectivity index (χ2v) is 10.5. The number of rotatable bonds is 7. The third kappa shape index (κ3) is 4.44. The minimum absolute atomic E-state index is 0.0604. The molecule has 8 nitrogen and oxygen atoms in total. The predicted molar refractivity (Wildman–Crippen MR) is 132 cm³/mol. The molecule has 2 heterocycles.